The average molecular weight is 583 g/mol. The monoisotopic (exact) mass is 581 g/mol. The first-order valence-electron chi connectivity index (χ1n) is 9.85. The number of nitro groups is 1. The summed E-state index contributed by atoms with van der Waals surface area (Å²) in [6.07, 6.45) is 1.33. The molecule has 35 heavy (non-hydrogen) atoms. The number of amides is 1. The van der Waals surface area contributed by atoms with Gasteiger partial charge in [0.25, 0.3) is 11.6 Å². The summed E-state index contributed by atoms with van der Waals surface area (Å²) < 4.78 is 36.5. The zero-order valence-corrected chi connectivity index (χ0v) is 21.1. The van der Waals surface area contributed by atoms with Crippen molar-refractivity contribution < 1.29 is 27.1 Å². The molecule has 0 radical (unpaired) electrons. The number of carbonyl (C=O) groups is 1. The summed E-state index contributed by atoms with van der Waals surface area (Å²) in [4.78, 5) is 22.1. The van der Waals surface area contributed by atoms with Crippen LogP contribution in [-0.4, -0.2) is 32.1 Å². The van der Waals surface area contributed by atoms with E-state index in [-0.39, 0.29) is 22.6 Å². The average Bonchev–Trinajstić information content (AvgIpc) is 2.81. The van der Waals surface area contributed by atoms with Crippen molar-refractivity contribution in [1.82, 2.24) is 5.43 Å². The van der Waals surface area contributed by atoms with Crippen LogP contribution >= 0.6 is 27.5 Å². The zero-order valence-electron chi connectivity index (χ0n) is 18.0. The lowest BCUT2D eigenvalue weighted by atomic mass is 10.2. The molecule has 10 nitrogen and oxygen atoms in total. The maximum Gasteiger partial charge on any atom is 0.339 e. The van der Waals surface area contributed by atoms with Gasteiger partial charge in [-0.05, 0) is 64.8 Å². The van der Waals surface area contributed by atoms with Gasteiger partial charge in [0, 0.05) is 22.7 Å². The van der Waals surface area contributed by atoms with Crippen LogP contribution < -0.4 is 14.3 Å². The van der Waals surface area contributed by atoms with E-state index in [1.54, 1.807) is 25.1 Å². The summed E-state index contributed by atoms with van der Waals surface area (Å²) >= 11 is 9.14. The topological polar surface area (TPSA) is 137 Å². The van der Waals surface area contributed by atoms with Crippen LogP contribution in [0.3, 0.4) is 0 Å². The molecule has 3 aromatic rings. The molecule has 0 unspecified atom stereocenters. The van der Waals surface area contributed by atoms with Crippen molar-refractivity contribution >= 4 is 55.5 Å². The van der Waals surface area contributed by atoms with Crippen LogP contribution in [0.2, 0.25) is 5.02 Å². The summed E-state index contributed by atoms with van der Waals surface area (Å²) in [5.41, 5.74) is 2.74. The van der Waals surface area contributed by atoms with Gasteiger partial charge in [0.2, 0.25) is 0 Å². The Balaban J connectivity index is 1.85. The van der Waals surface area contributed by atoms with E-state index < -0.39 is 31.5 Å². The molecule has 1 amide bonds. The fourth-order valence-corrected chi connectivity index (χ4v) is 4.61. The van der Waals surface area contributed by atoms with Gasteiger partial charge in [-0.25, -0.2) is 5.43 Å². The van der Waals surface area contributed by atoms with Crippen LogP contribution in [0.4, 0.5) is 5.69 Å². The lowest BCUT2D eigenvalue weighted by Gasteiger charge is -2.14. The molecule has 0 aliphatic heterocycles. The maximum atomic E-state index is 12.8. The molecule has 0 heterocycles. The molecule has 3 rings (SSSR count). The van der Waals surface area contributed by atoms with Crippen LogP contribution in [-0.2, 0) is 10.1 Å². The third-order valence-electron chi connectivity index (χ3n) is 4.31. The van der Waals surface area contributed by atoms with Gasteiger partial charge in [0.15, 0.2) is 11.5 Å². The summed E-state index contributed by atoms with van der Waals surface area (Å²) in [7, 11) is -4.42. The second kappa shape index (κ2) is 11.3. The van der Waals surface area contributed by atoms with Crippen LogP contribution in [0.5, 0.6) is 11.5 Å². The molecule has 0 fully saturated rings. The number of benzene rings is 3. The van der Waals surface area contributed by atoms with Gasteiger partial charge in [-0.15, -0.1) is 0 Å². The third kappa shape index (κ3) is 6.78. The van der Waals surface area contributed by atoms with Crippen LogP contribution in [0, 0.1) is 10.1 Å². The fraction of sp³-hybridized carbons (Fsp3) is 0.0909. The number of ether oxygens (including phenoxy) is 1. The first-order chi connectivity index (χ1) is 16.6. The molecule has 0 aliphatic rings. The molecule has 0 saturated heterocycles. The van der Waals surface area contributed by atoms with E-state index in [4.69, 9.17) is 20.5 Å². The molecule has 0 spiro atoms. The molecule has 3 aromatic carbocycles. The highest BCUT2D eigenvalue weighted by atomic mass is 79.9. The van der Waals surface area contributed by atoms with Crippen molar-refractivity contribution in [1.29, 1.82) is 0 Å². The highest BCUT2D eigenvalue weighted by Gasteiger charge is 2.24. The largest absolute Gasteiger partial charge is 0.490 e. The second-order valence-corrected chi connectivity index (χ2v) is 9.60. The van der Waals surface area contributed by atoms with Gasteiger partial charge in [-0.2, -0.15) is 13.5 Å². The molecule has 13 heteroatoms. The summed E-state index contributed by atoms with van der Waals surface area (Å²) in [6.45, 7) is 1.88. The van der Waals surface area contributed by atoms with Gasteiger partial charge >= 0.3 is 10.1 Å². The number of hydrogen-bond donors (Lipinski definition) is 1. The van der Waals surface area contributed by atoms with Gasteiger partial charge < -0.3 is 8.92 Å². The number of carbonyl (C=O) groups excluding carboxylic acids is 1. The minimum atomic E-state index is -4.42. The lowest BCUT2D eigenvalue weighted by molar-refractivity contribution is -0.385. The van der Waals surface area contributed by atoms with Crippen molar-refractivity contribution in [3.05, 3.63) is 91.4 Å². The van der Waals surface area contributed by atoms with Crippen molar-refractivity contribution in [3.8, 4) is 11.5 Å². The first-order valence-corrected chi connectivity index (χ1v) is 12.4. The smallest absolute Gasteiger partial charge is 0.339 e. The quantitative estimate of drug-likeness (QED) is 0.163. The standard InChI is InChI=1S/C22H17BrClN3O7S/c1-2-33-20-10-14(13-25-26-22(28)15-5-3-6-16(24)11-15)9-19(23)21(20)34-35(31,32)18-8-4-7-17(12-18)27(29)30/h3-13H,2H2,1H3,(H,26,28)/b25-13-. The molecule has 0 atom stereocenters. The molecule has 0 saturated carbocycles. The van der Waals surface area contributed by atoms with E-state index in [0.717, 1.165) is 6.07 Å². The normalized spacial score (nSPS) is 11.3. The van der Waals surface area contributed by atoms with Crippen molar-refractivity contribution in [2.45, 2.75) is 11.8 Å². The molecule has 182 valence electrons. The second-order valence-electron chi connectivity index (χ2n) is 6.76. The number of nitro benzene ring substituents is 1. The van der Waals surface area contributed by atoms with Crippen molar-refractivity contribution in [2.75, 3.05) is 6.61 Å². The minimum absolute atomic E-state index is 0.0681. The lowest BCUT2D eigenvalue weighted by Crippen LogP contribution is -2.17. The van der Waals surface area contributed by atoms with E-state index in [9.17, 15) is 23.3 Å². The molecule has 1 N–H and O–H groups in total. The van der Waals surface area contributed by atoms with E-state index in [1.165, 1.54) is 42.6 Å². The maximum absolute atomic E-state index is 12.8. The van der Waals surface area contributed by atoms with Gasteiger partial charge in [0.1, 0.15) is 4.90 Å². The molecular formula is C22H17BrClN3O7S. The number of nitrogens with zero attached hydrogens (tertiary/aromatic N) is 2. The highest BCUT2D eigenvalue weighted by Crippen LogP contribution is 2.38. The predicted octanol–water partition coefficient (Wildman–Crippen LogP) is 4.94. The Morgan fingerprint density at radius 3 is 2.63 bits per heavy atom. The van der Waals surface area contributed by atoms with Crippen molar-refractivity contribution in [3.63, 3.8) is 0 Å². The van der Waals surface area contributed by atoms with Crippen LogP contribution in [0.15, 0.2) is 75.1 Å². The number of rotatable bonds is 9. The SMILES string of the molecule is CCOc1cc(/C=N\NC(=O)c2cccc(Cl)c2)cc(Br)c1OS(=O)(=O)c1cccc([N+](=O)[O-])c1. The highest BCUT2D eigenvalue weighted by molar-refractivity contribution is 9.10. The molecule has 0 aliphatic carbocycles. The Morgan fingerprint density at radius 1 is 1.20 bits per heavy atom. The van der Waals surface area contributed by atoms with E-state index in [1.807, 2.05) is 0 Å². The minimum Gasteiger partial charge on any atom is -0.490 e. The van der Waals surface area contributed by atoms with Crippen LogP contribution in [0.25, 0.3) is 0 Å². The van der Waals surface area contributed by atoms with Crippen LogP contribution in [0.1, 0.15) is 22.8 Å². The Labute approximate surface area is 213 Å². The Kier molecular flexibility index (Phi) is 8.43. The molecule has 0 bridgehead atoms. The Bertz CT molecular complexity index is 1410. The molecule has 0 aromatic heterocycles. The van der Waals surface area contributed by atoms with E-state index in [0.29, 0.717) is 16.1 Å². The Hall–Kier alpha value is -3.48. The fourth-order valence-electron chi connectivity index (χ4n) is 2.78. The zero-order chi connectivity index (χ0) is 25.6. The summed E-state index contributed by atoms with van der Waals surface area (Å²) in [6, 6.07) is 13.8. The number of halogens is 2. The Morgan fingerprint density at radius 2 is 1.94 bits per heavy atom. The van der Waals surface area contributed by atoms with Gasteiger partial charge in [-0.1, -0.05) is 23.7 Å². The third-order valence-corrected chi connectivity index (χ3v) is 6.35. The number of non-ortho nitro benzene ring substituents is 1. The molecular weight excluding hydrogens is 566 g/mol. The summed E-state index contributed by atoms with van der Waals surface area (Å²) in [5.74, 6) is -0.562. The number of hydrogen-bond acceptors (Lipinski definition) is 8. The van der Waals surface area contributed by atoms with Gasteiger partial charge in [-0.3, -0.25) is 14.9 Å². The summed E-state index contributed by atoms with van der Waals surface area (Å²) in [5, 5.41) is 15.3. The van der Waals surface area contributed by atoms with Gasteiger partial charge in [0.05, 0.1) is 22.2 Å². The number of nitrogens with one attached hydrogen (secondary N) is 1. The van der Waals surface area contributed by atoms with E-state index in [2.05, 4.69) is 26.5 Å². The predicted molar refractivity (Wildman–Crippen MR) is 133 cm³/mol. The van der Waals surface area contributed by atoms with Crippen molar-refractivity contribution in [2.24, 2.45) is 5.10 Å². The first kappa shape index (κ1) is 26.1. The number of hydrazone groups is 1. The van der Waals surface area contributed by atoms with E-state index >= 15 is 0 Å².